The Morgan fingerprint density at radius 2 is 1.89 bits per heavy atom. The summed E-state index contributed by atoms with van der Waals surface area (Å²) in [5, 5.41) is 7.48. The molecule has 0 aliphatic carbocycles. The molecule has 3 heterocycles. The van der Waals surface area contributed by atoms with Crippen LogP contribution < -0.4 is 10.2 Å². The molecular formula is C22H16N4OS. The van der Waals surface area contributed by atoms with Crippen molar-refractivity contribution < 1.29 is 4.74 Å². The van der Waals surface area contributed by atoms with Crippen LogP contribution in [-0.4, -0.2) is 22.8 Å². The van der Waals surface area contributed by atoms with Gasteiger partial charge in [-0.05, 0) is 17.7 Å². The first kappa shape index (κ1) is 16.6. The van der Waals surface area contributed by atoms with Crippen molar-refractivity contribution in [3.05, 3.63) is 77.4 Å². The number of hydrogen-bond acceptors (Lipinski definition) is 6. The van der Waals surface area contributed by atoms with Crippen LogP contribution in [0, 0.1) is 0 Å². The summed E-state index contributed by atoms with van der Waals surface area (Å²) in [5.74, 6) is 1.59. The Kier molecular flexibility index (Phi) is 4.31. The molecule has 0 unspecified atom stereocenters. The molecule has 0 spiro atoms. The van der Waals surface area contributed by atoms with E-state index in [1.807, 2.05) is 42.5 Å². The Morgan fingerprint density at radius 3 is 2.82 bits per heavy atom. The van der Waals surface area contributed by atoms with E-state index in [1.165, 1.54) is 0 Å². The van der Waals surface area contributed by atoms with E-state index in [1.54, 1.807) is 23.9 Å². The maximum Gasteiger partial charge on any atom is 0.159 e. The summed E-state index contributed by atoms with van der Waals surface area (Å²) in [4.78, 5) is 9.73. The maximum atomic E-state index is 5.76. The summed E-state index contributed by atoms with van der Waals surface area (Å²) in [5.41, 5.74) is 7.37. The molecule has 5 rings (SSSR count). The van der Waals surface area contributed by atoms with Gasteiger partial charge in [0.1, 0.15) is 23.5 Å². The number of rotatable bonds is 4. The Hall–Kier alpha value is -3.51. The van der Waals surface area contributed by atoms with Crippen LogP contribution in [0.5, 0.6) is 5.75 Å². The fourth-order valence-electron chi connectivity index (χ4n) is 3.17. The van der Waals surface area contributed by atoms with Crippen LogP contribution in [0.3, 0.4) is 0 Å². The minimum Gasteiger partial charge on any atom is -0.488 e. The third-order valence-electron chi connectivity index (χ3n) is 4.51. The van der Waals surface area contributed by atoms with Crippen LogP contribution in [0.1, 0.15) is 5.56 Å². The maximum absolute atomic E-state index is 5.76. The second-order valence-corrected chi connectivity index (χ2v) is 7.19. The third kappa shape index (κ3) is 3.14. The zero-order chi connectivity index (χ0) is 18.8. The molecular weight excluding hydrogens is 368 g/mol. The van der Waals surface area contributed by atoms with Crippen LogP contribution in [0.15, 0.2) is 77.0 Å². The van der Waals surface area contributed by atoms with E-state index >= 15 is 0 Å². The first-order valence-electron chi connectivity index (χ1n) is 8.87. The van der Waals surface area contributed by atoms with E-state index < -0.39 is 0 Å². The normalized spacial score (nSPS) is 13.2. The number of benzene rings is 2. The lowest BCUT2D eigenvalue weighted by molar-refractivity contribution is 0.353. The second-order valence-electron chi connectivity index (χ2n) is 6.33. The summed E-state index contributed by atoms with van der Waals surface area (Å²) in [6.45, 7) is 0.495. The van der Waals surface area contributed by atoms with Gasteiger partial charge in [0, 0.05) is 22.1 Å². The number of nitrogens with one attached hydrogen (secondary N) is 1. The van der Waals surface area contributed by atoms with E-state index in [0.29, 0.717) is 12.4 Å². The van der Waals surface area contributed by atoms with Gasteiger partial charge >= 0.3 is 0 Å². The molecule has 1 aliphatic heterocycles. The van der Waals surface area contributed by atoms with Crippen molar-refractivity contribution in [2.75, 3.05) is 12.0 Å². The molecule has 0 radical (unpaired) electrons. The number of ether oxygens (including phenoxy) is 1. The minimum absolute atomic E-state index is 0.495. The predicted molar refractivity (Wildman–Crippen MR) is 115 cm³/mol. The number of nitrogens with zero attached hydrogens (tertiary/aromatic N) is 3. The molecule has 1 N–H and O–H groups in total. The monoisotopic (exact) mass is 384 g/mol. The molecule has 136 valence electrons. The van der Waals surface area contributed by atoms with Gasteiger partial charge in [0.2, 0.25) is 0 Å². The molecule has 6 heteroatoms. The average molecular weight is 384 g/mol. The molecule has 2 aromatic carbocycles. The minimum atomic E-state index is 0.495. The first-order chi connectivity index (χ1) is 13.9. The van der Waals surface area contributed by atoms with Crippen molar-refractivity contribution in [3.8, 4) is 16.9 Å². The molecule has 2 aromatic heterocycles. The Bertz CT molecular complexity index is 1200. The molecule has 0 amide bonds. The number of hydrazone groups is 1. The Morgan fingerprint density at radius 1 is 1.04 bits per heavy atom. The van der Waals surface area contributed by atoms with Gasteiger partial charge in [0.05, 0.1) is 11.6 Å². The topological polar surface area (TPSA) is 59.4 Å². The first-order valence-corrected chi connectivity index (χ1v) is 9.75. The van der Waals surface area contributed by atoms with Crippen molar-refractivity contribution in [2.45, 2.75) is 0 Å². The highest BCUT2D eigenvalue weighted by Gasteiger charge is 2.13. The van der Waals surface area contributed by atoms with E-state index in [4.69, 9.17) is 4.74 Å². The van der Waals surface area contributed by atoms with Crippen molar-refractivity contribution in [3.63, 3.8) is 0 Å². The van der Waals surface area contributed by atoms with E-state index in [2.05, 4.69) is 44.1 Å². The number of thiophene rings is 1. The fourth-order valence-corrected chi connectivity index (χ4v) is 4.09. The van der Waals surface area contributed by atoms with Gasteiger partial charge in [-0.25, -0.2) is 9.97 Å². The molecule has 0 atom stereocenters. The molecule has 1 aliphatic rings. The van der Waals surface area contributed by atoms with Gasteiger partial charge < -0.3 is 4.74 Å². The highest BCUT2D eigenvalue weighted by atomic mass is 32.1. The van der Waals surface area contributed by atoms with E-state index in [0.717, 1.165) is 38.2 Å². The lowest BCUT2D eigenvalue weighted by atomic mass is 10.1. The summed E-state index contributed by atoms with van der Waals surface area (Å²) in [6.07, 6.45) is 5.42. The Balaban J connectivity index is 1.44. The van der Waals surface area contributed by atoms with Crippen molar-refractivity contribution in [2.24, 2.45) is 5.10 Å². The third-order valence-corrected chi connectivity index (χ3v) is 5.40. The SMILES string of the molecule is C1=C(/C=N\Nc2ncnc3scc(-c4ccccc4)c23)COc2ccccc21. The van der Waals surface area contributed by atoms with Gasteiger partial charge in [-0.2, -0.15) is 5.10 Å². The number of anilines is 1. The molecule has 0 saturated heterocycles. The van der Waals surface area contributed by atoms with Gasteiger partial charge in [0.25, 0.3) is 0 Å². The molecule has 5 nitrogen and oxygen atoms in total. The van der Waals surface area contributed by atoms with Crippen LogP contribution >= 0.6 is 11.3 Å². The summed E-state index contributed by atoms with van der Waals surface area (Å²) in [7, 11) is 0. The average Bonchev–Trinajstić information content (AvgIpc) is 3.19. The summed E-state index contributed by atoms with van der Waals surface area (Å²) < 4.78 is 5.76. The number of fused-ring (bicyclic) bond motifs is 2. The summed E-state index contributed by atoms with van der Waals surface area (Å²) in [6, 6.07) is 18.2. The van der Waals surface area contributed by atoms with Crippen molar-refractivity contribution in [1.29, 1.82) is 0 Å². The number of hydrogen-bond donors (Lipinski definition) is 1. The quantitative estimate of drug-likeness (QED) is 0.386. The highest BCUT2D eigenvalue weighted by Crippen LogP contribution is 2.36. The van der Waals surface area contributed by atoms with E-state index in [9.17, 15) is 0 Å². The smallest absolute Gasteiger partial charge is 0.159 e. The van der Waals surface area contributed by atoms with Gasteiger partial charge in [-0.3, -0.25) is 5.43 Å². The lowest BCUT2D eigenvalue weighted by Gasteiger charge is -2.15. The van der Waals surface area contributed by atoms with Crippen molar-refractivity contribution >= 4 is 39.7 Å². The van der Waals surface area contributed by atoms with Gasteiger partial charge in [0.15, 0.2) is 5.82 Å². The zero-order valence-electron chi connectivity index (χ0n) is 14.9. The lowest BCUT2D eigenvalue weighted by Crippen LogP contribution is -2.08. The van der Waals surface area contributed by atoms with Crippen molar-refractivity contribution in [1.82, 2.24) is 9.97 Å². The number of aromatic nitrogens is 2. The molecule has 0 fully saturated rings. The van der Waals surface area contributed by atoms with Crippen LogP contribution in [0.25, 0.3) is 27.4 Å². The zero-order valence-corrected chi connectivity index (χ0v) is 15.7. The van der Waals surface area contributed by atoms with Crippen LogP contribution in [0.2, 0.25) is 0 Å². The standard InChI is InChI=1S/C22H16N4OS/c1-2-6-16(7-3-1)18-13-28-22-20(18)21(23-14-24-22)26-25-11-15-10-17-8-4-5-9-19(17)27-12-15/h1-11,13-14H,12H2,(H,23,24,26)/b25-11-. The molecule has 28 heavy (non-hydrogen) atoms. The van der Waals surface area contributed by atoms with E-state index in [-0.39, 0.29) is 0 Å². The Labute approximate surface area is 166 Å². The summed E-state index contributed by atoms with van der Waals surface area (Å²) >= 11 is 1.60. The fraction of sp³-hybridized carbons (Fsp3) is 0.0455. The largest absolute Gasteiger partial charge is 0.488 e. The highest BCUT2D eigenvalue weighted by molar-refractivity contribution is 7.17. The van der Waals surface area contributed by atoms with Crippen LogP contribution in [-0.2, 0) is 0 Å². The second kappa shape index (κ2) is 7.25. The number of para-hydroxylation sites is 1. The molecule has 0 bridgehead atoms. The molecule has 4 aromatic rings. The predicted octanol–water partition coefficient (Wildman–Crippen LogP) is 5.23. The van der Waals surface area contributed by atoms with Crippen LogP contribution in [0.4, 0.5) is 5.82 Å². The van der Waals surface area contributed by atoms with Gasteiger partial charge in [-0.1, -0.05) is 48.5 Å². The van der Waals surface area contributed by atoms with Gasteiger partial charge in [-0.15, -0.1) is 11.3 Å². The molecule has 0 saturated carbocycles.